The van der Waals surface area contributed by atoms with E-state index in [-0.39, 0.29) is 12.0 Å². The average Bonchev–Trinajstić information content (AvgIpc) is 3.07. The summed E-state index contributed by atoms with van der Waals surface area (Å²) < 4.78 is 8.22. The number of likely N-dealkylation sites (N-methyl/N-ethyl adjacent to an activating group) is 1. The Morgan fingerprint density at radius 1 is 1.13 bits per heavy atom. The number of carboxylic acids is 2. The van der Waals surface area contributed by atoms with E-state index >= 15 is 0 Å². The number of aryl methyl sites for hydroxylation is 1. The molecular weight excluding hydrogens is 518 g/mol. The highest BCUT2D eigenvalue weighted by Crippen LogP contribution is 2.47. The number of carbonyl (C=O) groups excluding carboxylic acids is 1. The summed E-state index contributed by atoms with van der Waals surface area (Å²) in [5, 5.41) is 21.9. The summed E-state index contributed by atoms with van der Waals surface area (Å²) in [5.74, 6) is -1.67. The Balaban J connectivity index is 0.000000386. The van der Waals surface area contributed by atoms with Crippen LogP contribution >= 0.6 is 11.8 Å². The fourth-order valence-corrected chi connectivity index (χ4v) is 7.22. The van der Waals surface area contributed by atoms with Crippen LogP contribution in [0.5, 0.6) is 0 Å². The van der Waals surface area contributed by atoms with Crippen LogP contribution in [0, 0.1) is 5.92 Å². The van der Waals surface area contributed by atoms with Gasteiger partial charge >= 0.3 is 17.9 Å². The highest BCUT2D eigenvalue weighted by molar-refractivity contribution is 7.98. The maximum Gasteiger partial charge on any atom is 0.328 e. The molecule has 39 heavy (non-hydrogen) atoms. The highest BCUT2D eigenvalue weighted by atomic mass is 32.2. The number of carbonyl (C=O) groups is 3. The number of nitrogens with one attached hydrogen (secondary N) is 1. The first-order valence-corrected chi connectivity index (χ1v) is 14.8. The molecule has 0 amide bonds. The van der Waals surface area contributed by atoms with Gasteiger partial charge in [-0.15, -0.1) is 11.8 Å². The molecule has 2 saturated heterocycles. The van der Waals surface area contributed by atoms with Crippen LogP contribution in [-0.2, 0) is 32.6 Å². The van der Waals surface area contributed by atoms with Gasteiger partial charge in [0.05, 0.1) is 11.6 Å². The fraction of sp³-hybridized carbons (Fsp3) is 0.552. The van der Waals surface area contributed by atoms with Crippen LogP contribution in [0.4, 0.5) is 0 Å². The van der Waals surface area contributed by atoms with Crippen LogP contribution < -0.4 is 5.32 Å². The number of benzene rings is 1. The number of hydrogen-bond acceptors (Lipinski definition) is 7. The number of aromatic nitrogens is 1. The van der Waals surface area contributed by atoms with Crippen LogP contribution in [0.3, 0.4) is 0 Å². The maximum absolute atomic E-state index is 12.6. The van der Waals surface area contributed by atoms with Crippen molar-refractivity contribution in [2.24, 2.45) is 13.0 Å². The lowest BCUT2D eigenvalue weighted by atomic mass is 9.72. The van der Waals surface area contributed by atoms with Gasteiger partial charge < -0.3 is 29.7 Å². The second kappa shape index (κ2) is 13.0. The largest absolute Gasteiger partial charge is 0.478 e. The molecule has 2 aromatic rings. The molecule has 3 heterocycles. The minimum atomic E-state index is -1.26. The van der Waals surface area contributed by atoms with E-state index in [1.807, 2.05) is 11.8 Å². The zero-order chi connectivity index (χ0) is 28.1. The van der Waals surface area contributed by atoms with Crippen molar-refractivity contribution >= 4 is 40.6 Å². The predicted octanol–water partition coefficient (Wildman–Crippen LogP) is 3.65. The quantitative estimate of drug-likeness (QED) is 0.278. The zero-order valence-corrected chi connectivity index (χ0v) is 23.7. The molecule has 3 aliphatic rings. The first kappa shape index (κ1) is 29.2. The number of likely N-dealkylation sites (tertiary alicyclic amines) is 1. The van der Waals surface area contributed by atoms with Crippen LogP contribution in [0.1, 0.15) is 49.1 Å². The number of carboxylic acid groups (broad SMARTS) is 2. The van der Waals surface area contributed by atoms with Gasteiger partial charge in [-0.3, -0.25) is 4.79 Å². The molecule has 1 aliphatic carbocycles. The first-order valence-electron chi connectivity index (χ1n) is 13.6. The summed E-state index contributed by atoms with van der Waals surface area (Å²) >= 11 is 1.86. The Hall–Kier alpha value is -2.82. The lowest BCUT2D eigenvalue weighted by Gasteiger charge is -2.45. The van der Waals surface area contributed by atoms with Gasteiger partial charge in [0, 0.05) is 54.5 Å². The van der Waals surface area contributed by atoms with E-state index in [2.05, 4.69) is 53.3 Å². The summed E-state index contributed by atoms with van der Waals surface area (Å²) in [7, 11) is 4.45. The molecule has 2 unspecified atom stereocenters. The summed E-state index contributed by atoms with van der Waals surface area (Å²) in [4.78, 5) is 34.3. The minimum absolute atomic E-state index is 0.0487. The van der Waals surface area contributed by atoms with Crippen LogP contribution in [-0.4, -0.2) is 82.7 Å². The predicted molar refractivity (Wildman–Crippen MR) is 151 cm³/mol. The Morgan fingerprint density at radius 2 is 1.87 bits per heavy atom. The second-order valence-corrected chi connectivity index (χ2v) is 11.5. The number of hydrogen-bond donors (Lipinski definition) is 3. The summed E-state index contributed by atoms with van der Waals surface area (Å²) in [5.41, 5.74) is 4.37. The molecule has 0 saturated carbocycles. The van der Waals surface area contributed by atoms with Gasteiger partial charge in [-0.25, -0.2) is 9.59 Å². The summed E-state index contributed by atoms with van der Waals surface area (Å²) in [6.45, 7) is 2.47. The van der Waals surface area contributed by atoms with Gasteiger partial charge in [0.25, 0.3) is 0 Å². The third-order valence-electron chi connectivity index (χ3n) is 8.15. The molecule has 0 spiro atoms. The maximum atomic E-state index is 12.6. The molecule has 3 N–H and O–H groups in total. The summed E-state index contributed by atoms with van der Waals surface area (Å²) in [6, 6.07) is 7.23. The molecule has 9 nitrogen and oxygen atoms in total. The average molecular weight is 558 g/mol. The topological polar surface area (TPSA) is 121 Å². The van der Waals surface area contributed by atoms with Crippen LogP contribution in [0.2, 0.25) is 0 Å². The van der Waals surface area contributed by atoms with Gasteiger partial charge in [0.15, 0.2) is 0 Å². The van der Waals surface area contributed by atoms with Crippen molar-refractivity contribution in [3.63, 3.8) is 0 Å². The minimum Gasteiger partial charge on any atom is -0.478 e. The van der Waals surface area contributed by atoms with Gasteiger partial charge in [-0.05, 0) is 62.7 Å². The van der Waals surface area contributed by atoms with E-state index in [1.165, 1.54) is 33.5 Å². The van der Waals surface area contributed by atoms with Crippen molar-refractivity contribution in [1.82, 2.24) is 14.8 Å². The van der Waals surface area contributed by atoms with Crippen molar-refractivity contribution in [3.05, 3.63) is 41.5 Å². The van der Waals surface area contributed by atoms with Crippen molar-refractivity contribution in [1.29, 1.82) is 0 Å². The molecule has 4 atom stereocenters. The zero-order valence-electron chi connectivity index (χ0n) is 22.9. The number of nitrogens with zero attached hydrogens (tertiary/aromatic N) is 2. The van der Waals surface area contributed by atoms with Gasteiger partial charge in [0.2, 0.25) is 0 Å². The number of fused-ring (bicyclic) bond motifs is 2. The molecular formula is C29H39N3O6S. The normalized spacial score (nSPS) is 24.9. The van der Waals surface area contributed by atoms with Crippen LogP contribution in [0.25, 0.3) is 10.9 Å². The molecule has 212 valence electrons. The first-order chi connectivity index (χ1) is 18.7. The van der Waals surface area contributed by atoms with E-state index in [1.54, 1.807) is 0 Å². The van der Waals surface area contributed by atoms with E-state index < -0.39 is 11.9 Å². The lowest BCUT2D eigenvalue weighted by molar-refractivity contribution is -0.148. The SMILES string of the molecule is CSc1c2c3c(cccc3n1C)C1C[C@@H](COC(=O)C3CCCCCN3)CN(C)[C@@H]1C2.O=C(O)/C=C\C(=O)O. The lowest BCUT2D eigenvalue weighted by Crippen LogP contribution is -2.49. The molecule has 2 fully saturated rings. The molecule has 2 aliphatic heterocycles. The highest BCUT2D eigenvalue weighted by Gasteiger charge is 2.41. The van der Waals surface area contributed by atoms with Gasteiger partial charge in [-0.1, -0.05) is 25.0 Å². The third kappa shape index (κ3) is 6.67. The van der Waals surface area contributed by atoms with E-state index in [0.717, 1.165) is 45.2 Å². The Kier molecular flexibility index (Phi) is 9.74. The number of rotatable bonds is 6. The van der Waals surface area contributed by atoms with Crippen LogP contribution in [0.15, 0.2) is 35.4 Å². The Bertz CT molecular complexity index is 1220. The van der Waals surface area contributed by atoms with Gasteiger partial charge in [0.1, 0.15) is 6.04 Å². The Morgan fingerprint density at radius 3 is 2.56 bits per heavy atom. The third-order valence-corrected chi connectivity index (χ3v) is 9.05. The smallest absolute Gasteiger partial charge is 0.328 e. The van der Waals surface area contributed by atoms with Gasteiger partial charge in [-0.2, -0.15) is 0 Å². The molecule has 0 bridgehead atoms. The fourth-order valence-electron chi connectivity index (χ4n) is 6.42. The molecule has 5 rings (SSSR count). The number of esters is 1. The molecule has 0 radical (unpaired) electrons. The van der Waals surface area contributed by atoms with Crippen molar-refractivity contribution < 1.29 is 29.3 Å². The standard InChI is InChI=1S/C25H35N3O2S.C4H4O4/c1-27-14-16(15-30-25(29)20-9-5-4-6-11-26-20)12-18-17-8-7-10-21-23(17)19(13-22(18)27)24(31-3)28(21)2;5-3(6)1-2-4(7)8/h7-8,10,16,18,20,22,26H,4-6,9,11-15H2,1-3H3;1-2H,(H,5,6)(H,7,8)/b;2-1-/t16-,18?,20?,22-;/m1./s1. The number of aliphatic carboxylic acids is 2. The second-order valence-electron chi connectivity index (χ2n) is 10.7. The monoisotopic (exact) mass is 557 g/mol. The van der Waals surface area contributed by atoms with Crippen molar-refractivity contribution in [2.75, 3.05) is 33.0 Å². The number of piperidine rings is 1. The van der Waals surface area contributed by atoms with Crippen molar-refractivity contribution in [2.45, 2.75) is 61.6 Å². The molecule has 1 aromatic carbocycles. The van der Waals surface area contributed by atoms with E-state index in [4.69, 9.17) is 14.9 Å². The number of ether oxygens (including phenoxy) is 1. The molecule has 1 aromatic heterocycles. The summed E-state index contributed by atoms with van der Waals surface area (Å²) in [6.07, 6.45) is 9.91. The number of thioether (sulfide) groups is 1. The Labute approximate surface area is 233 Å². The van der Waals surface area contributed by atoms with E-state index in [9.17, 15) is 14.4 Å². The molecule has 10 heteroatoms. The van der Waals surface area contributed by atoms with Crippen molar-refractivity contribution in [3.8, 4) is 0 Å². The van der Waals surface area contributed by atoms with E-state index in [0.29, 0.717) is 36.6 Å².